The second kappa shape index (κ2) is 7.85. The third kappa shape index (κ3) is 3.53. The molecule has 0 saturated carbocycles. The number of aromatic nitrogens is 3. The molecule has 0 aliphatic carbocycles. The molecule has 6 heteroatoms. The highest BCUT2D eigenvalue weighted by atomic mass is 35.5. The average molecular weight is 429 g/mol. The Labute approximate surface area is 183 Å². The van der Waals surface area contributed by atoms with Gasteiger partial charge >= 0.3 is 0 Å². The standard InChI is InChI=1S/C25H18ClFN4/c26-14-16-3-9-20(10-4-16)31-23(21-2-1-11-29-25(21)28)13-22-24(31)12-18(15-30-22)17-5-7-19(27)8-6-17/h1-13,15H,14H2,(H2,28,29). The average Bonchev–Trinajstić information content (AvgIpc) is 3.18. The van der Waals surface area contributed by atoms with Crippen molar-refractivity contribution in [1.82, 2.24) is 14.5 Å². The highest BCUT2D eigenvalue weighted by Gasteiger charge is 2.16. The Morgan fingerprint density at radius 3 is 2.39 bits per heavy atom. The molecule has 3 heterocycles. The molecule has 0 atom stereocenters. The maximum Gasteiger partial charge on any atom is 0.132 e. The minimum Gasteiger partial charge on any atom is -0.383 e. The van der Waals surface area contributed by atoms with Gasteiger partial charge in [-0.15, -0.1) is 11.6 Å². The van der Waals surface area contributed by atoms with Gasteiger partial charge in [-0.05, 0) is 59.7 Å². The van der Waals surface area contributed by atoms with E-state index in [0.29, 0.717) is 11.7 Å². The van der Waals surface area contributed by atoms with Gasteiger partial charge in [0.05, 0.1) is 16.7 Å². The van der Waals surface area contributed by atoms with Gasteiger partial charge in [-0.25, -0.2) is 9.37 Å². The molecule has 0 aliphatic heterocycles. The number of pyridine rings is 2. The fraction of sp³-hybridized carbons (Fsp3) is 0.0400. The minimum atomic E-state index is -0.269. The summed E-state index contributed by atoms with van der Waals surface area (Å²) in [6, 6.07) is 22.3. The van der Waals surface area contributed by atoms with Crippen LogP contribution in [0.2, 0.25) is 0 Å². The maximum absolute atomic E-state index is 13.4. The molecule has 0 radical (unpaired) electrons. The summed E-state index contributed by atoms with van der Waals surface area (Å²) in [4.78, 5) is 8.93. The lowest BCUT2D eigenvalue weighted by molar-refractivity contribution is 0.628. The fourth-order valence-corrected chi connectivity index (χ4v) is 3.90. The molecule has 2 aromatic carbocycles. The van der Waals surface area contributed by atoms with E-state index in [1.54, 1.807) is 24.5 Å². The molecule has 5 aromatic rings. The van der Waals surface area contributed by atoms with Crippen LogP contribution in [0.1, 0.15) is 5.56 Å². The lowest BCUT2D eigenvalue weighted by atomic mass is 10.1. The monoisotopic (exact) mass is 428 g/mol. The van der Waals surface area contributed by atoms with Gasteiger partial charge in [-0.3, -0.25) is 4.98 Å². The number of alkyl halides is 1. The normalized spacial score (nSPS) is 11.2. The van der Waals surface area contributed by atoms with Crippen LogP contribution in [0.3, 0.4) is 0 Å². The molecule has 2 N–H and O–H groups in total. The van der Waals surface area contributed by atoms with Crippen LogP contribution in [0.5, 0.6) is 0 Å². The number of hydrogen-bond donors (Lipinski definition) is 1. The Bertz CT molecular complexity index is 1380. The number of benzene rings is 2. The minimum absolute atomic E-state index is 0.269. The Balaban J connectivity index is 1.77. The van der Waals surface area contributed by atoms with E-state index in [0.717, 1.165) is 44.7 Å². The third-order valence-electron chi connectivity index (χ3n) is 5.29. The van der Waals surface area contributed by atoms with Crippen LogP contribution >= 0.6 is 11.6 Å². The number of rotatable bonds is 4. The van der Waals surface area contributed by atoms with E-state index in [4.69, 9.17) is 17.3 Å². The molecule has 3 aromatic heterocycles. The third-order valence-corrected chi connectivity index (χ3v) is 5.60. The first-order valence-corrected chi connectivity index (χ1v) is 10.3. The lowest BCUT2D eigenvalue weighted by Gasteiger charge is -2.13. The van der Waals surface area contributed by atoms with Crippen molar-refractivity contribution in [2.45, 2.75) is 5.88 Å². The van der Waals surface area contributed by atoms with E-state index in [9.17, 15) is 4.39 Å². The number of nitrogen functional groups attached to an aromatic ring is 1. The van der Waals surface area contributed by atoms with E-state index in [2.05, 4.69) is 20.6 Å². The van der Waals surface area contributed by atoms with Crippen molar-refractivity contribution in [1.29, 1.82) is 0 Å². The van der Waals surface area contributed by atoms with E-state index < -0.39 is 0 Å². The predicted molar refractivity (Wildman–Crippen MR) is 124 cm³/mol. The molecule has 5 rings (SSSR count). The zero-order valence-electron chi connectivity index (χ0n) is 16.5. The van der Waals surface area contributed by atoms with Crippen molar-refractivity contribution in [3.63, 3.8) is 0 Å². The van der Waals surface area contributed by atoms with Crippen molar-refractivity contribution >= 4 is 28.5 Å². The number of nitrogens with two attached hydrogens (primary N) is 1. The summed E-state index contributed by atoms with van der Waals surface area (Å²) >= 11 is 5.98. The molecular formula is C25H18ClFN4. The molecule has 152 valence electrons. The molecule has 0 fully saturated rings. The van der Waals surface area contributed by atoms with Crippen molar-refractivity contribution in [2.24, 2.45) is 0 Å². The van der Waals surface area contributed by atoms with E-state index >= 15 is 0 Å². The second-order valence-corrected chi connectivity index (χ2v) is 7.50. The van der Waals surface area contributed by atoms with Gasteiger partial charge in [0.1, 0.15) is 11.6 Å². The van der Waals surface area contributed by atoms with Crippen LogP contribution in [0, 0.1) is 5.82 Å². The summed E-state index contributed by atoms with van der Waals surface area (Å²) in [5, 5.41) is 0. The van der Waals surface area contributed by atoms with Gasteiger partial charge in [-0.1, -0.05) is 24.3 Å². The summed E-state index contributed by atoms with van der Waals surface area (Å²) in [6.07, 6.45) is 3.47. The molecule has 4 nitrogen and oxygen atoms in total. The Morgan fingerprint density at radius 1 is 0.903 bits per heavy atom. The van der Waals surface area contributed by atoms with Crippen molar-refractivity contribution in [3.8, 4) is 28.1 Å². The van der Waals surface area contributed by atoms with E-state index in [1.807, 2.05) is 42.5 Å². The smallest absolute Gasteiger partial charge is 0.132 e. The molecule has 0 amide bonds. The number of halogens is 2. The van der Waals surface area contributed by atoms with Crippen LogP contribution in [-0.4, -0.2) is 14.5 Å². The van der Waals surface area contributed by atoms with Gasteiger partial charge in [0.25, 0.3) is 0 Å². The molecule has 31 heavy (non-hydrogen) atoms. The Kier molecular flexibility index (Phi) is 4.88. The van der Waals surface area contributed by atoms with Gasteiger partial charge < -0.3 is 10.3 Å². The topological polar surface area (TPSA) is 56.7 Å². The first-order chi connectivity index (χ1) is 15.1. The molecule has 0 bridgehead atoms. The summed E-state index contributed by atoms with van der Waals surface area (Å²) in [6.45, 7) is 0. The Morgan fingerprint density at radius 2 is 1.68 bits per heavy atom. The highest BCUT2D eigenvalue weighted by molar-refractivity contribution is 6.17. The SMILES string of the molecule is Nc1ncccc1-c1cc2ncc(-c3ccc(F)cc3)cc2n1-c1ccc(CCl)cc1. The van der Waals surface area contributed by atoms with E-state index in [1.165, 1.54) is 12.1 Å². The molecule has 0 saturated heterocycles. The first-order valence-electron chi connectivity index (χ1n) is 9.77. The van der Waals surface area contributed by atoms with Gasteiger partial charge in [0.2, 0.25) is 0 Å². The van der Waals surface area contributed by atoms with Crippen LogP contribution < -0.4 is 5.73 Å². The van der Waals surface area contributed by atoms with Crippen LogP contribution in [0.4, 0.5) is 10.2 Å². The zero-order valence-corrected chi connectivity index (χ0v) is 17.2. The second-order valence-electron chi connectivity index (χ2n) is 7.24. The zero-order chi connectivity index (χ0) is 21.4. The lowest BCUT2D eigenvalue weighted by Crippen LogP contribution is -2.00. The van der Waals surface area contributed by atoms with Crippen molar-refractivity contribution in [3.05, 3.63) is 96.6 Å². The molecular weight excluding hydrogens is 411 g/mol. The van der Waals surface area contributed by atoms with Crippen LogP contribution in [-0.2, 0) is 5.88 Å². The van der Waals surface area contributed by atoms with Crippen LogP contribution in [0.15, 0.2) is 85.2 Å². The number of nitrogens with zero attached hydrogens (tertiary/aromatic N) is 3. The van der Waals surface area contributed by atoms with Gasteiger partial charge in [0, 0.05) is 35.1 Å². The predicted octanol–water partition coefficient (Wildman–Crippen LogP) is 6.21. The summed E-state index contributed by atoms with van der Waals surface area (Å²) in [7, 11) is 0. The summed E-state index contributed by atoms with van der Waals surface area (Å²) in [5.41, 5.74) is 13.4. The van der Waals surface area contributed by atoms with Crippen molar-refractivity contribution in [2.75, 3.05) is 5.73 Å². The number of hydrogen-bond acceptors (Lipinski definition) is 3. The quantitative estimate of drug-likeness (QED) is 0.346. The summed E-state index contributed by atoms with van der Waals surface area (Å²) < 4.78 is 15.5. The largest absolute Gasteiger partial charge is 0.383 e. The van der Waals surface area contributed by atoms with E-state index in [-0.39, 0.29) is 5.82 Å². The Hall–Kier alpha value is -3.70. The molecule has 0 spiro atoms. The number of fused-ring (bicyclic) bond motifs is 1. The van der Waals surface area contributed by atoms with Gasteiger partial charge in [0.15, 0.2) is 0 Å². The number of anilines is 1. The molecule has 0 unspecified atom stereocenters. The summed E-state index contributed by atoms with van der Waals surface area (Å²) in [5.74, 6) is 0.628. The van der Waals surface area contributed by atoms with Crippen molar-refractivity contribution < 1.29 is 4.39 Å². The highest BCUT2D eigenvalue weighted by Crippen LogP contribution is 2.34. The molecule has 0 aliphatic rings. The fourth-order valence-electron chi connectivity index (χ4n) is 3.72. The van der Waals surface area contributed by atoms with Gasteiger partial charge in [-0.2, -0.15) is 0 Å². The van der Waals surface area contributed by atoms with Crippen LogP contribution in [0.25, 0.3) is 39.1 Å². The maximum atomic E-state index is 13.4. The first kappa shape index (κ1) is 19.3.